The van der Waals surface area contributed by atoms with Gasteiger partial charge in [-0.2, -0.15) is 0 Å². The Kier molecular flexibility index (Phi) is 4.50. The molecule has 0 saturated carbocycles. The summed E-state index contributed by atoms with van der Waals surface area (Å²) in [6.07, 6.45) is 2.90. The van der Waals surface area contributed by atoms with Crippen molar-refractivity contribution in [3.63, 3.8) is 0 Å². The van der Waals surface area contributed by atoms with E-state index >= 15 is 0 Å². The molecule has 2 aliphatic rings. The van der Waals surface area contributed by atoms with E-state index in [2.05, 4.69) is 22.0 Å². The molecule has 0 N–H and O–H groups in total. The summed E-state index contributed by atoms with van der Waals surface area (Å²) < 4.78 is 12.4. The first-order chi connectivity index (χ1) is 11.7. The van der Waals surface area contributed by atoms with Crippen molar-refractivity contribution in [2.24, 2.45) is 0 Å². The van der Waals surface area contributed by atoms with Crippen LogP contribution in [0.2, 0.25) is 0 Å². The fourth-order valence-electron chi connectivity index (χ4n) is 3.32. The van der Waals surface area contributed by atoms with Crippen LogP contribution in [0, 0.1) is 0 Å². The molecule has 0 aliphatic carbocycles. The standard InChI is InChI=1S/C18H18BrNO3S/c19-13-6-10-24-17(13)18(21)20-7-1-3-14(20)12-4-5-15-16(11-12)23-9-2-8-22-15/h4-6,10-11,14H,1-3,7-9H2. The lowest BCUT2D eigenvalue weighted by molar-refractivity contribution is 0.0739. The molecular weight excluding hydrogens is 390 g/mol. The van der Waals surface area contributed by atoms with Gasteiger partial charge in [-0.25, -0.2) is 0 Å². The Hall–Kier alpha value is -1.53. The molecule has 1 unspecified atom stereocenters. The molecule has 1 atom stereocenters. The summed E-state index contributed by atoms with van der Waals surface area (Å²) in [6, 6.07) is 8.10. The van der Waals surface area contributed by atoms with Gasteiger partial charge in [-0.3, -0.25) is 4.79 Å². The van der Waals surface area contributed by atoms with Crippen LogP contribution in [0.4, 0.5) is 0 Å². The van der Waals surface area contributed by atoms with E-state index in [-0.39, 0.29) is 11.9 Å². The van der Waals surface area contributed by atoms with Crippen molar-refractivity contribution in [3.05, 3.63) is 44.6 Å². The molecule has 2 aliphatic heterocycles. The minimum Gasteiger partial charge on any atom is -0.490 e. The number of nitrogens with zero attached hydrogens (tertiary/aromatic N) is 1. The number of fused-ring (bicyclic) bond motifs is 1. The van der Waals surface area contributed by atoms with Gasteiger partial charge in [-0.1, -0.05) is 6.07 Å². The van der Waals surface area contributed by atoms with Crippen molar-refractivity contribution in [2.45, 2.75) is 25.3 Å². The van der Waals surface area contributed by atoms with Gasteiger partial charge in [0.1, 0.15) is 4.88 Å². The van der Waals surface area contributed by atoms with Gasteiger partial charge in [0.15, 0.2) is 11.5 Å². The maximum atomic E-state index is 12.9. The smallest absolute Gasteiger partial charge is 0.265 e. The van der Waals surface area contributed by atoms with Gasteiger partial charge in [0.05, 0.1) is 19.3 Å². The first kappa shape index (κ1) is 16.0. The number of ether oxygens (including phenoxy) is 2. The summed E-state index contributed by atoms with van der Waals surface area (Å²) in [7, 11) is 0. The molecule has 4 rings (SSSR count). The van der Waals surface area contributed by atoms with E-state index in [0.29, 0.717) is 13.2 Å². The van der Waals surface area contributed by atoms with Gasteiger partial charge in [-0.05, 0) is 57.9 Å². The SMILES string of the molecule is O=C(c1sccc1Br)N1CCCC1c1ccc2c(c1)OCCCO2. The van der Waals surface area contributed by atoms with Crippen LogP contribution in [0.1, 0.15) is 40.5 Å². The molecule has 1 fully saturated rings. The molecule has 0 spiro atoms. The number of amides is 1. The number of halogens is 1. The van der Waals surface area contributed by atoms with Gasteiger partial charge in [0.2, 0.25) is 0 Å². The van der Waals surface area contributed by atoms with Gasteiger partial charge in [0, 0.05) is 17.4 Å². The second kappa shape index (κ2) is 6.76. The fraction of sp³-hybridized carbons (Fsp3) is 0.389. The van der Waals surface area contributed by atoms with Crippen LogP contribution in [0.25, 0.3) is 0 Å². The van der Waals surface area contributed by atoms with E-state index < -0.39 is 0 Å². The molecule has 1 amide bonds. The summed E-state index contributed by atoms with van der Waals surface area (Å²) in [5, 5.41) is 1.94. The number of likely N-dealkylation sites (tertiary alicyclic amines) is 1. The van der Waals surface area contributed by atoms with Crippen molar-refractivity contribution in [1.29, 1.82) is 0 Å². The van der Waals surface area contributed by atoms with Crippen LogP contribution < -0.4 is 9.47 Å². The fourth-order valence-corrected chi connectivity index (χ4v) is 4.82. The van der Waals surface area contributed by atoms with Crippen molar-refractivity contribution in [2.75, 3.05) is 19.8 Å². The predicted molar refractivity (Wildman–Crippen MR) is 97.1 cm³/mol. The van der Waals surface area contributed by atoms with Gasteiger partial charge < -0.3 is 14.4 Å². The van der Waals surface area contributed by atoms with E-state index in [1.807, 2.05) is 28.5 Å². The third-order valence-electron chi connectivity index (χ3n) is 4.48. The van der Waals surface area contributed by atoms with Crippen molar-refractivity contribution >= 4 is 33.2 Å². The molecule has 2 aromatic rings. The molecule has 1 aromatic heterocycles. The number of carbonyl (C=O) groups excluding carboxylic acids is 1. The minimum atomic E-state index is 0.101. The number of hydrogen-bond acceptors (Lipinski definition) is 4. The van der Waals surface area contributed by atoms with E-state index in [4.69, 9.17) is 9.47 Å². The first-order valence-electron chi connectivity index (χ1n) is 8.17. The zero-order chi connectivity index (χ0) is 16.5. The highest BCUT2D eigenvalue weighted by Crippen LogP contribution is 2.39. The lowest BCUT2D eigenvalue weighted by Crippen LogP contribution is -2.30. The molecule has 1 aromatic carbocycles. The molecule has 126 valence electrons. The summed E-state index contributed by atoms with van der Waals surface area (Å²) in [4.78, 5) is 15.7. The second-order valence-electron chi connectivity index (χ2n) is 6.01. The normalized spacial score (nSPS) is 20.0. The minimum absolute atomic E-state index is 0.101. The Balaban J connectivity index is 1.62. The maximum Gasteiger partial charge on any atom is 0.265 e. The highest BCUT2D eigenvalue weighted by Gasteiger charge is 2.32. The third-order valence-corrected chi connectivity index (χ3v) is 6.31. The third kappa shape index (κ3) is 2.93. The zero-order valence-corrected chi connectivity index (χ0v) is 15.6. The number of hydrogen-bond donors (Lipinski definition) is 0. The lowest BCUT2D eigenvalue weighted by Gasteiger charge is -2.25. The molecule has 0 radical (unpaired) electrons. The molecule has 0 bridgehead atoms. The molecule has 6 heteroatoms. The molecular formula is C18H18BrNO3S. The van der Waals surface area contributed by atoms with Gasteiger partial charge in [0.25, 0.3) is 5.91 Å². The Morgan fingerprint density at radius 2 is 2.00 bits per heavy atom. The average molecular weight is 408 g/mol. The maximum absolute atomic E-state index is 12.9. The molecule has 4 nitrogen and oxygen atoms in total. The summed E-state index contributed by atoms with van der Waals surface area (Å²) in [6.45, 7) is 2.15. The Morgan fingerprint density at radius 1 is 1.17 bits per heavy atom. The van der Waals surface area contributed by atoms with Crippen molar-refractivity contribution < 1.29 is 14.3 Å². The highest BCUT2D eigenvalue weighted by atomic mass is 79.9. The van der Waals surface area contributed by atoms with E-state index in [1.165, 1.54) is 11.3 Å². The number of benzene rings is 1. The van der Waals surface area contributed by atoms with Gasteiger partial charge >= 0.3 is 0 Å². The van der Waals surface area contributed by atoms with Gasteiger partial charge in [-0.15, -0.1) is 11.3 Å². The second-order valence-corrected chi connectivity index (χ2v) is 7.78. The number of carbonyl (C=O) groups is 1. The first-order valence-corrected chi connectivity index (χ1v) is 9.85. The average Bonchev–Trinajstić information content (AvgIpc) is 3.18. The Labute approximate surface area is 153 Å². The summed E-state index contributed by atoms with van der Waals surface area (Å²) in [5.74, 6) is 1.70. The highest BCUT2D eigenvalue weighted by molar-refractivity contribution is 9.10. The van der Waals surface area contributed by atoms with Crippen LogP contribution in [0.15, 0.2) is 34.1 Å². The summed E-state index contributed by atoms with van der Waals surface area (Å²) >= 11 is 4.96. The zero-order valence-electron chi connectivity index (χ0n) is 13.2. The summed E-state index contributed by atoms with van der Waals surface area (Å²) in [5.41, 5.74) is 1.12. The van der Waals surface area contributed by atoms with Crippen molar-refractivity contribution in [3.8, 4) is 11.5 Å². The number of thiophene rings is 1. The number of rotatable bonds is 2. The lowest BCUT2D eigenvalue weighted by atomic mass is 10.0. The Bertz CT molecular complexity index is 760. The van der Waals surface area contributed by atoms with E-state index in [9.17, 15) is 4.79 Å². The monoisotopic (exact) mass is 407 g/mol. The largest absolute Gasteiger partial charge is 0.490 e. The van der Waals surface area contributed by atoms with Crippen LogP contribution in [-0.4, -0.2) is 30.6 Å². The van der Waals surface area contributed by atoms with E-state index in [1.54, 1.807) is 0 Å². The molecule has 1 saturated heterocycles. The van der Waals surface area contributed by atoms with Crippen LogP contribution >= 0.6 is 27.3 Å². The van der Waals surface area contributed by atoms with Crippen LogP contribution in [-0.2, 0) is 0 Å². The molecule has 3 heterocycles. The van der Waals surface area contributed by atoms with Crippen LogP contribution in [0.3, 0.4) is 0 Å². The quantitative estimate of drug-likeness (QED) is 0.726. The Morgan fingerprint density at radius 3 is 2.79 bits per heavy atom. The van der Waals surface area contributed by atoms with Crippen LogP contribution in [0.5, 0.6) is 11.5 Å². The van der Waals surface area contributed by atoms with E-state index in [0.717, 1.165) is 52.2 Å². The molecule has 24 heavy (non-hydrogen) atoms. The topological polar surface area (TPSA) is 38.8 Å². The van der Waals surface area contributed by atoms with Crippen molar-refractivity contribution in [1.82, 2.24) is 4.90 Å². The predicted octanol–water partition coefficient (Wildman–Crippen LogP) is 4.65.